The zero-order valence-electron chi connectivity index (χ0n) is 41.7. The molecule has 0 atom stereocenters. The smallest absolute Gasteiger partial charge is 0.0349 e. The van der Waals surface area contributed by atoms with Gasteiger partial charge in [-0.2, -0.15) is 0 Å². The second-order valence-corrected chi connectivity index (χ2v) is 23.5. The van der Waals surface area contributed by atoms with Gasteiger partial charge < -0.3 is 0 Å². The molecular weight excluding hydrogens is 969 g/mol. The molecule has 0 amide bonds. The van der Waals surface area contributed by atoms with Gasteiger partial charge in [0.2, 0.25) is 0 Å². The van der Waals surface area contributed by atoms with Gasteiger partial charge in [0.1, 0.15) is 0 Å². The predicted molar refractivity (Wildman–Crippen MR) is 325 cm³/mol. The molecule has 0 saturated carbocycles. The molecule has 0 saturated heterocycles. The number of aryl methyl sites for hydroxylation is 4. The van der Waals surface area contributed by atoms with Crippen LogP contribution in [0.25, 0.3) is 94.7 Å². The van der Waals surface area contributed by atoms with Gasteiger partial charge in [0, 0.05) is 39.0 Å². The third-order valence-corrected chi connectivity index (χ3v) is 18.6. The number of benzene rings is 8. The fourth-order valence-electron chi connectivity index (χ4n) is 9.58. The summed E-state index contributed by atoms with van der Waals surface area (Å²) in [6.45, 7) is 8.57. The summed E-state index contributed by atoms with van der Waals surface area (Å²) in [6, 6.07) is 90.6. The molecule has 74 heavy (non-hydrogen) atoms. The van der Waals surface area contributed by atoms with Crippen molar-refractivity contribution in [1.82, 2.24) is 0 Å². The van der Waals surface area contributed by atoms with Gasteiger partial charge in [-0.25, -0.2) is 0 Å². The first kappa shape index (κ1) is 47.3. The first-order valence-electron chi connectivity index (χ1n) is 25.1. The molecule has 12 rings (SSSR count). The fourth-order valence-corrected chi connectivity index (χ4v) is 13.6. The van der Waals surface area contributed by atoms with E-state index in [1.54, 1.807) is 0 Å². The van der Waals surface area contributed by atoms with Crippen molar-refractivity contribution >= 4 is 56.5 Å². The highest BCUT2D eigenvalue weighted by atomic mass is 32.1. The topological polar surface area (TPSA) is 0 Å². The van der Waals surface area contributed by atoms with Crippen LogP contribution in [0.3, 0.4) is 0 Å². The quantitative estimate of drug-likeness (QED) is 0.107. The van der Waals surface area contributed by atoms with E-state index in [1.807, 2.05) is 45.3 Å². The van der Waals surface area contributed by atoms with Crippen LogP contribution in [-0.4, -0.2) is 0 Å². The number of hydrogen-bond acceptors (Lipinski definition) is 4. The van der Waals surface area contributed by atoms with Crippen LogP contribution in [0.5, 0.6) is 0 Å². The molecule has 4 heterocycles. The van der Waals surface area contributed by atoms with Crippen molar-refractivity contribution in [3.05, 3.63) is 287 Å². The first-order chi connectivity index (χ1) is 36.2. The van der Waals surface area contributed by atoms with E-state index in [4.69, 9.17) is 0 Å². The molecule has 0 unspecified atom stereocenters. The molecule has 0 spiro atoms. The lowest BCUT2D eigenvalue weighted by atomic mass is 9.84. The van der Waals surface area contributed by atoms with Gasteiger partial charge in [0.25, 0.3) is 0 Å². The lowest BCUT2D eigenvalue weighted by molar-refractivity contribution is 1.48. The molecule has 12 aromatic rings. The first-order valence-corrected chi connectivity index (χ1v) is 28.4. The van der Waals surface area contributed by atoms with Gasteiger partial charge >= 0.3 is 0 Å². The Kier molecular flexibility index (Phi) is 13.2. The molecule has 356 valence electrons. The lowest BCUT2D eigenvalue weighted by Crippen LogP contribution is -1.98. The van der Waals surface area contributed by atoms with E-state index in [1.165, 1.54) is 139 Å². The molecule has 0 bridgehead atoms. The molecule has 0 nitrogen and oxygen atoms in total. The van der Waals surface area contributed by atoms with Gasteiger partial charge in [-0.1, -0.05) is 216 Å². The standard InChI is InChI=1S/C70H52S4/c1-45-5-13-49(14-6-45)61-37-41-65(71-61)53-21-29-57(30-22-53)69(58-31-23-54(24-32-58)66-42-38-62(72-66)50-15-7-46(2)8-16-50)70(59-33-25-55(26-34-59)67-43-39-63(73-67)51-17-9-47(3)10-18-51)60-35-27-56(28-36-60)68-44-40-64(74-68)52-19-11-48(4)12-20-52/h5-44H,1-4H3. The van der Waals surface area contributed by atoms with Gasteiger partial charge in [-0.3, -0.25) is 0 Å². The molecule has 0 aliphatic heterocycles. The van der Waals surface area contributed by atoms with Crippen molar-refractivity contribution in [2.24, 2.45) is 0 Å². The summed E-state index contributed by atoms with van der Waals surface area (Å²) >= 11 is 7.39. The Morgan fingerprint density at radius 1 is 0.176 bits per heavy atom. The normalized spacial score (nSPS) is 11.2. The average Bonchev–Trinajstić information content (AvgIpc) is 4.31. The van der Waals surface area contributed by atoms with Crippen LogP contribution in [-0.2, 0) is 0 Å². The van der Waals surface area contributed by atoms with E-state index in [0.29, 0.717) is 0 Å². The monoisotopic (exact) mass is 1020 g/mol. The van der Waals surface area contributed by atoms with Gasteiger partial charge in [-0.15, -0.1) is 45.3 Å². The summed E-state index contributed by atoms with van der Waals surface area (Å²) in [4.78, 5) is 10.1. The van der Waals surface area contributed by atoms with E-state index in [2.05, 4.69) is 270 Å². The van der Waals surface area contributed by atoms with E-state index >= 15 is 0 Å². The van der Waals surface area contributed by atoms with Crippen molar-refractivity contribution in [1.29, 1.82) is 0 Å². The Balaban J connectivity index is 0.977. The van der Waals surface area contributed by atoms with Crippen molar-refractivity contribution in [3.63, 3.8) is 0 Å². The van der Waals surface area contributed by atoms with E-state index in [-0.39, 0.29) is 0 Å². The zero-order valence-corrected chi connectivity index (χ0v) is 45.0. The maximum absolute atomic E-state index is 2.33. The van der Waals surface area contributed by atoms with Crippen LogP contribution in [0.4, 0.5) is 0 Å². The van der Waals surface area contributed by atoms with Gasteiger partial charge in [-0.05, 0) is 154 Å². The van der Waals surface area contributed by atoms with E-state index in [0.717, 1.165) is 0 Å². The Bertz CT molecular complexity index is 3370. The van der Waals surface area contributed by atoms with Crippen molar-refractivity contribution in [3.8, 4) is 83.5 Å². The highest BCUT2D eigenvalue weighted by molar-refractivity contribution is 7.20. The van der Waals surface area contributed by atoms with Gasteiger partial charge in [0.05, 0.1) is 0 Å². The molecule has 8 aromatic carbocycles. The summed E-state index contributed by atoms with van der Waals surface area (Å²) in [5.41, 5.74) is 22.0. The molecular formula is C70H52S4. The third-order valence-electron chi connectivity index (χ3n) is 13.9. The summed E-state index contributed by atoms with van der Waals surface area (Å²) in [5, 5.41) is 0. The number of thiophene rings is 4. The predicted octanol–water partition coefficient (Wildman–Crippen LogP) is 21.5. The van der Waals surface area contributed by atoms with Crippen LogP contribution in [0.1, 0.15) is 44.5 Å². The van der Waals surface area contributed by atoms with Crippen LogP contribution in [0.2, 0.25) is 0 Å². The Labute approximate surface area is 451 Å². The summed E-state index contributed by atoms with van der Waals surface area (Å²) in [6.07, 6.45) is 0. The molecule has 0 N–H and O–H groups in total. The SMILES string of the molecule is Cc1ccc(-c2ccc(-c3ccc(C(=C(c4ccc(-c5ccc(-c6ccc(C)cc6)s5)cc4)c4ccc(-c5ccc(-c6ccc(C)cc6)s5)cc4)c4ccc(-c5ccc(-c6ccc(C)cc6)s5)cc4)cc3)s2)cc1. The Morgan fingerprint density at radius 2 is 0.311 bits per heavy atom. The van der Waals surface area contributed by atoms with Gasteiger partial charge in [0.15, 0.2) is 0 Å². The second kappa shape index (κ2) is 20.7. The highest BCUT2D eigenvalue weighted by Crippen LogP contribution is 2.44. The second-order valence-electron chi connectivity index (χ2n) is 19.2. The molecule has 0 radical (unpaired) electrons. The van der Waals surface area contributed by atoms with Crippen molar-refractivity contribution < 1.29 is 0 Å². The third kappa shape index (κ3) is 10.0. The minimum absolute atomic E-state index is 1.17. The van der Waals surface area contributed by atoms with E-state index < -0.39 is 0 Å². The van der Waals surface area contributed by atoms with Crippen LogP contribution in [0.15, 0.2) is 243 Å². The van der Waals surface area contributed by atoms with Crippen molar-refractivity contribution in [2.75, 3.05) is 0 Å². The summed E-state index contributed by atoms with van der Waals surface area (Å²) in [7, 11) is 0. The fraction of sp³-hybridized carbons (Fsp3) is 0.0571. The Morgan fingerprint density at radius 3 is 0.459 bits per heavy atom. The molecule has 4 heteroatoms. The summed E-state index contributed by atoms with van der Waals surface area (Å²) < 4.78 is 0. The number of hydrogen-bond donors (Lipinski definition) is 0. The zero-order chi connectivity index (χ0) is 50.1. The van der Waals surface area contributed by atoms with E-state index in [9.17, 15) is 0 Å². The minimum Gasteiger partial charge on any atom is -0.135 e. The summed E-state index contributed by atoms with van der Waals surface area (Å²) in [5.74, 6) is 0. The van der Waals surface area contributed by atoms with Crippen LogP contribution in [0, 0.1) is 27.7 Å². The Hall–Kier alpha value is -7.70. The largest absolute Gasteiger partial charge is 0.135 e. The maximum Gasteiger partial charge on any atom is 0.0349 e. The average molecular weight is 1020 g/mol. The molecule has 4 aromatic heterocycles. The molecule has 0 aliphatic rings. The van der Waals surface area contributed by atoms with Crippen LogP contribution >= 0.6 is 45.3 Å². The minimum atomic E-state index is 1.17. The number of rotatable bonds is 12. The van der Waals surface area contributed by atoms with Crippen LogP contribution < -0.4 is 0 Å². The molecule has 0 fully saturated rings. The highest BCUT2D eigenvalue weighted by Gasteiger charge is 2.19. The van der Waals surface area contributed by atoms with Crippen molar-refractivity contribution in [2.45, 2.75) is 27.7 Å². The maximum atomic E-state index is 2.33. The molecule has 0 aliphatic carbocycles. The lowest BCUT2D eigenvalue weighted by Gasteiger charge is -2.19.